The number of rotatable bonds is 4. The third-order valence-electron chi connectivity index (χ3n) is 2.85. The van der Waals surface area contributed by atoms with E-state index in [-0.39, 0.29) is 12.4 Å². The molecule has 7 heteroatoms. The van der Waals surface area contributed by atoms with Gasteiger partial charge in [0.1, 0.15) is 5.69 Å². The molecule has 0 unspecified atom stereocenters. The van der Waals surface area contributed by atoms with Crippen molar-refractivity contribution < 1.29 is 19.5 Å². The van der Waals surface area contributed by atoms with E-state index in [1.54, 1.807) is 18.5 Å². The van der Waals surface area contributed by atoms with Gasteiger partial charge in [0.05, 0.1) is 6.61 Å². The quantitative estimate of drug-likeness (QED) is 0.577. The van der Waals surface area contributed by atoms with Crippen LogP contribution < -0.4 is 5.48 Å². The minimum absolute atomic E-state index is 0.248. The number of carboxylic acid groups (broad SMARTS) is 1. The van der Waals surface area contributed by atoms with Gasteiger partial charge >= 0.3 is 0 Å². The molecule has 3 N–H and O–H groups in total. The van der Waals surface area contributed by atoms with Gasteiger partial charge in [-0.3, -0.25) is 19.4 Å². The van der Waals surface area contributed by atoms with Crippen LogP contribution in [-0.2, 0) is 9.63 Å². The summed E-state index contributed by atoms with van der Waals surface area (Å²) in [6.45, 7) is 0.355. The minimum atomic E-state index is -0.250. The predicted octanol–water partition coefficient (Wildman–Crippen LogP) is 1.34. The number of H-pyrrole nitrogens is 1. The molecule has 0 radical (unpaired) electrons. The molecule has 2 aromatic heterocycles. The van der Waals surface area contributed by atoms with E-state index in [1.165, 1.54) is 12.8 Å². The van der Waals surface area contributed by atoms with Crippen LogP contribution in [0.4, 0.5) is 0 Å². The van der Waals surface area contributed by atoms with Crippen molar-refractivity contribution in [3.63, 3.8) is 0 Å². The number of fused-ring (bicyclic) bond motifs is 1. The normalized spacial score (nSPS) is 13.4. The maximum atomic E-state index is 11.7. The Morgan fingerprint density at radius 2 is 2.35 bits per heavy atom. The van der Waals surface area contributed by atoms with Crippen LogP contribution in [0.5, 0.6) is 0 Å². The zero-order chi connectivity index (χ0) is 14.4. The first-order valence-corrected chi connectivity index (χ1v) is 6.17. The molecule has 1 aliphatic rings. The van der Waals surface area contributed by atoms with Crippen molar-refractivity contribution in [1.29, 1.82) is 0 Å². The van der Waals surface area contributed by atoms with Crippen LogP contribution in [0, 0.1) is 5.92 Å². The minimum Gasteiger partial charge on any atom is -0.483 e. The Bertz CT molecular complexity index is 559. The van der Waals surface area contributed by atoms with Crippen LogP contribution in [0.25, 0.3) is 10.9 Å². The molecule has 0 aromatic carbocycles. The molecule has 7 nitrogen and oxygen atoms in total. The summed E-state index contributed by atoms with van der Waals surface area (Å²) in [5, 5.41) is 7.81. The number of aromatic amines is 1. The molecule has 0 bridgehead atoms. The van der Waals surface area contributed by atoms with Crippen molar-refractivity contribution in [2.24, 2.45) is 5.92 Å². The Balaban J connectivity index is 0.000000452. The molecule has 106 valence electrons. The van der Waals surface area contributed by atoms with Crippen molar-refractivity contribution in [3.05, 3.63) is 30.2 Å². The van der Waals surface area contributed by atoms with E-state index in [9.17, 15) is 4.79 Å². The summed E-state index contributed by atoms with van der Waals surface area (Å²) in [6.07, 6.45) is 5.81. The second kappa shape index (κ2) is 6.67. The number of hydroxylamine groups is 1. The number of hydrogen-bond acceptors (Lipinski definition) is 4. The van der Waals surface area contributed by atoms with Gasteiger partial charge in [-0.05, 0) is 30.9 Å². The van der Waals surface area contributed by atoms with E-state index >= 15 is 0 Å². The monoisotopic (exact) mass is 277 g/mol. The zero-order valence-corrected chi connectivity index (χ0v) is 10.7. The standard InChI is InChI=1S/C12H13N3O2.CH2O2/c16-12(15-17-7-8-1-2-8)11-5-9-6-13-4-3-10(9)14-11;2-1-3/h3-6,8,14H,1-2,7H2,(H,15,16);1H,(H,2,3). The van der Waals surface area contributed by atoms with Crippen LogP contribution >= 0.6 is 0 Å². The van der Waals surface area contributed by atoms with E-state index in [4.69, 9.17) is 14.7 Å². The molecule has 2 heterocycles. The lowest BCUT2D eigenvalue weighted by molar-refractivity contribution is -0.122. The fourth-order valence-corrected chi connectivity index (χ4v) is 1.66. The number of pyridine rings is 1. The first-order valence-electron chi connectivity index (χ1n) is 6.17. The molecular weight excluding hydrogens is 262 g/mol. The Morgan fingerprint density at radius 3 is 3.00 bits per heavy atom. The highest BCUT2D eigenvalue weighted by atomic mass is 16.7. The van der Waals surface area contributed by atoms with Crippen LogP contribution in [-0.4, -0.2) is 34.1 Å². The number of carbonyl (C=O) groups excluding carboxylic acids is 1. The van der Waals surface area contributed by atoms with E-state index in [0.29, 0.717) is 18.2 Å². The first kappa shape index (κ1) is 14.0. The number of carbonyl (C=O) groups is 2. The molecule has 3 rings (SSSR count). The summed E-state index contributed by atoms with van der Waals surface area (Å²) in [4.78, 5) is 32.2. The van der Waals surface area contributed by atoms with Crippen LogP contribution in [0.15, 0.2) is 24.5 Å². The summed E-state index contributed by atoms with van der Waals surface area (Å²) in [7, 11) is 0. The van der Waals surface area contributed by atoms with Gasteiger partial charge < -0.3 is 10.1 Å². The number of nitrogens with one attached hydrogen (secondary N) is 2. The molecule has 0 aliphatic heterocycles. The number of nitrogens with zero attached hydrogens (tertiary/aromatic N) is 1. The molecule has 0 spiro atoms. The molecule has 0 atom stereocenters. The lowest BCUT2D eigenvalue weighted by atomic mass is 10.3. The lowest BCUT2D eigenvalue weighted by Crippen LogP contribution is -2.24. The highest BCUT2D eigenvalue weighted by molar-refractivity contribution is 5.97. The molecule has 2 aromatic rings. The van der Waals surface area contributed by atoms with Crippen LogP contribution in [0.2, 0.25) is 0 Å². The molecule has 1 saturated carbocycles. The number of amides is 1. The highest BCUT2D eigenvalue weighted by Gasteiger charge is 2.22. The largest absolute Gasteiger partial charge is 0.483 e. The predicted molar refractivity (Wildman–Crippen MR) is 70.9 cm³/mol. The third-order valence-corrected chi connectivity index (χ3v) is 2.85. The van der Waals surface area contributed by atoms with Gasteiger partial charge in [-0.1, -0.05) is 0 Å². The Morgan fingerprint density at radius 1 is 1.60 bits per heavy atom. The maximum absolute atomic E-state index is 11.7. The fourth-order valence-electron chi connectivity index (χ4n) is 1.66. The van der Waals surface area contributed by atoms with Crippen LogP contribution in [0.3, 0.4) is 0 Å². The molecule has 1 fully saturated rings. The van der Waals surface area contributed by atoms with Gasteiger partial charge in [0, 0.05) is 23.3 Å². The van der Waals surface area contributed by atoms with Crippen molar-refractivity contribution >= 4 is 23.3 Å². The summed E-state index contributed by atoms with van der Waals surface area (Å²) in [5.41, 5.74) is 3.83. The average Bonchev–Trinajstić information content (AvgIpc) is 3.16. The molecule has 20 heavy (non-hydrogen) atoms. The second-order valence-electron chi connectivity index (χ2n) is 4.44. The topological polar surface area (TPSA) is 104 Å². The number of aromatic nitrogens is 2. The van der Waals surface area contributed by atoms with Gasteiger partial charge in [0.25, 0.3) is 12.4 Å². The van der Waals surface area contributed by atoms with E-state index in [2.05, 4.69) is 15.4 Å². The summed E-state index contributed by atoms with van der Waals surface area (Å²) in [6, 6.07) is 3.59. The van der Waals surface area contributed by atoms with Gasteiger partial charge in [-0.15, -0.1) is 0 Å². The molecular formula is C13H15N3O4. The Hall–Kier alpha value is -2.41. The molecule has 0 saturated heterocycles. The molecule has 1 aliphatic carbocycles. The van der Waals surface area contributed by atoms with Gasteiger partial charge in [0.2, 0.25) is 0 Å². The first-order chi connectivity index (χ1) is 9.74. The Kier molecular flexibility index (Phi) is 4.67. The Labute approximate surface area is 114 Å². The summed E-state index contributed by atoms with van der Waals surface area (Å²) < 4.78 is 0. The second-order valence-corrected chi connectivity index (χ2v) is 4.44. The summed E-state index contributed by atoms with van der Waals surface area (Å²) >= 11 is 0. The fraction of sp³-hybridized carbons (Fsp3) is 0.308. The SMILES string of the molecule is O=C(NOCC1CC1)c1cc2cnccc2[nH]1.O=CO. The van der Waals surface area contributed by atoms with Crippen LogP contribution in [0.1, 0.15) is 23.3 Å². The molecule has 1 amide bonds. The van der Waals surface area contributed by atoms with Crippen molar-refractivity contribution in [3.8, 4) is 0 Å². The lowest BCUT2D eigenvalue weighted by Gasteiger charge is -2.02. The van der Waals surface area contributed by atoms with E-state index < -0.39 is 0 Å². The third kappa shape index (κ3) is 3.79. The average molecular weight is 277 g/mol. The smallest absolute Gasteiger partial charge is 0.291 e. The van der Waals surface area contributed by atoms with Crippen molar-refractivity contribution in [2.45, 2.75) is 12.8 Å². The van der Waals surface area contributed by atoms with E-state index in [0.717, 1.165) is 10.9 Å². The maximum Gasteiger partial charge on any atom is 0.291 e. The van der Waals surface area contributed by atoms with Crippen molar-refractivity contribution in [2.75, 3.05) is 6.61 Å². The van der Waals surface area contributed by atoms with E-state index in [1.807, 2.05) is 6.07 Å². The highest BCUT2D eigenvalue weighted by Crippen LogP contribution is 2.28. The van der Waals surface area contributed by atoms with Gasteiger partial charge in [0.15, 0.2) is 0 Å². The van der Waals surface area contributed by atoms with Crippen molar-refractivity contribution in [1.82, 2.24) is 15.4 Å². The van der Waals surface area contributed by atoms with Gasteiger partial charge in [-0.25, -0.2) is 5.48 Å². The number of hydrogen-bond donors (Lipinski definition) is 3. The zero-order valence-electron chi connectivity index (χ0n) is 10.7. The van der Waals surface area contributed by atoms with Gasteiger partial charge in [-0.2, -0.15) is 0 Å². The summed E-state index contributed by atoms with van der Waals surface area (Å²) in [5.74, 6) is 0.379.